The van der Waals surface area contributed by atoms with Crippen LogP contribution in [0.2, 0.25) is 0 Å². The minimum atomic E-state index is 0.659. The predicted octanol–water partition coefficient (Wildman–Crippen LogP) is 3.22. The van der Waals surface area contributed by atoms with Crippen LogP contribution in [0.3, 0.4) is 0 Å². The topological polar surface area (TPSA) is 16.1 Å². The molecule has 1 unspecified atom stereocenters. The van der Waals surface area contributed by atoms with Crippen LogP contribution in [0.4, 0.5) is 5.69 Å². The molecule has 0 bridgehead atoms. The maximum absolute atomic E-state index is 4.26. The Labute approximate surface area is 93.5 Å². The summed E-state index contributed by atoms with van der Waals surface area (Å²) in [6.45, 7) is 3.46. The van der Waals surface area contributed by atoms with E-state index in [9.17, 15) is 0 Å². The second kappa shape index (κ2) is 4.30. The molecule has 1 aromatic rings. The molecule has 0 radical (unpaired) electrons. The Kier molecular flexibility index (Phi) is 3.06. The van der Waals surface area contributed by atoms with Crippen LogP contribution in [0.5, 0.6) is 0 Å². The molecule has 2 rings (SSSR count). The molecule has 1 aliphatic heterocycles. The zero-order chi connectivity index (χ0) is 9.97. The molecule has 0 spiro atoms. The second-order valence-electron chi connectivity index (χ2n) is 3.88. The lowest BCUT2D eigenvalue weighted by Gasteiger charge is -2.35. The van der Waals surface area contributed by atoms with Gasteiger partial charge in [0.2, 0.25) is 0 Å². The average Bonchev–Trinajstić information content (AvgIpc) is 2.20. The minimum absolute atomic E-state index is 0.659. The van der Waals surface area contributed by atoms with E-state index in [2.05, 4.69) is 38.8 Å². The fraction of sp³-hybridized carbons (Fsp3) is 0.545. The average molecular weight is 255 g/mol. The number of hydrogen-bond acceptors (Lipinski definition) is 2. The van der Waals surface area contributed by atoms with E-state index in [1.807, 2.05) is 12.3 Å². The number of aromatic nitrogens is 1. The Bertz CT molecular complexity index is 297. The zero-order valence-corrected chi connectivity index (χ0v) is 10.00. The molecule has 1 fully saturated rings. The van der Waals surface area contributed by atoms with E-state index in [0.717, 1.165) is 4.60 Å². The molecule has 0 amide bonds. The van der Waals surface area contributed by atoms with Gasteiger partial charge < -0.3 is 4.90 Å². The Morgan fingerprint density at radius 1 is 1.43 bits per heavy atom. The SMILES string of the molecule is CC1CCCCN1c1ccc(Br)nc1. The maximum Gasteiger partial charge on any atom is 0.106 e. The van der Waals surface area contributed by atoms with E-state index in [4.69, 9.17) is 0 Å². The van der Waals surface area contributed by atoms with Gasteiger partial charge in [-0.3, -0.25) is 0 Å². The lowest BCUT2D eigenvalue weighted by Crippen LogP contribution is -2.37. The van der Waals surface area contributed by atoms with Gasteiger partial charge in [-0.1, -0.05) is 0 Å². The first kappa shape index (κ1) is 9.97. The van der Waals surface area contributed by atoms with Crippen LogP contribution < -0.4 is 4.90 Å². The molecule has 76 valence electrons. The molecular formula is C11H15BrN2. The van der Waals surface area contributed by atoms with Crippen LogP contribution in [-0.2, 0) is 0 Å². The number of pyridine rings is 1. The summed E-state index contributed by atoms with van der Waals surface area (Å²) in [5.41, 5.74) is 1.25. The second-order valence-corrected chi connectivity index (χ2v) is 4.69. The van der Waals surface area contributed by atoms with E-state index >= 15 is 0 Å². The monoisotopic (exact) mass is 254 g/mol. The van der Waals surface area contributed by atoms with Gasteiger partial charge in [0.25, 0.3) is 0 Å². The molecule has 14 heavy (non-hydrogen) atoms. The standard InChI is InChI=1S/C11H15BrN2/c1-9-4-2-3-7-14(9)10-5-6-11(12)13-8-10/h5-6,8-9H,2-4,7H2,1H3. The van der Waals surface area contributed by atoms with Gasteiger partial charge in [0.05, 0.1) is 11.9 Å². The number of anilines is 1. The highest BCUT2D eigenvalue weighted by Gasteiger charge is 2.18. The lowest BCUT2D eigenvalue weighted by atomic mass is 10.0. The lowest BCUT2D eigenvalue weighted by molar-refractivity contribution is 0.484. The molecule has 0 saturated carbocycles. The maximum atomic E-state index is 4.26. The van der Waals surface area contributed by atoms with Crippen molar-refractivity contribution in [3.63, 3.8) is 0 Å². The van der Waals surface area contributed by atoms with Crippen molar-refractivity contribution in [2.45, 2.75) is 32.2 Å². The van der Waals surface area contributed by atoms with E-state index in [1.165, 1.54) is 31.5 Å². The van der Waals surface area contributed by atoms with E-state index in [0.29, 0.717) is 6.04 Å². The van der Waals surface area contributed by atoms with Gasteiger partial charge in [-0.2, -0.15) is 0 Å². The normalized spacial score (nSPS) is 22.4. The summed E-state index contributed by atoms with van der Waals surface area (Å²) >= 11 is 3.35. The van der Waals surface area contributed by atoms with Crippen molar-refractivity contribution in [3.05, 3.63) is 22.9 Å². The molecule has 1 aliphatic rings. The molecule has 0 N–H and O–H groups in total. The summed E-state index contributed by atoms with van der Waals surface area (Å²) in [5, 5.41) is 0. The number of piperidine rings is 1. The molecule has 2 heterocycles. The van der Waals surface area contributed by atoms with Crippen molar-refractivity contribution >= 4 is 21.6 Å². The number of hydrogen-bond donors (Lipinski definition) is 0. The Balaban J connectivity index is 2.16. The van der Waals surface area contributed by atoms with Crippen LogP contribution in [0.25, 0.3) is 0 Å². The number of halogens is 1. The van der Waals surface area contributed by atoms with Crippen LogP contribution in [0.1, 0.15) is 26.2 Å². The molecule has 2 nitrogen and oxygen atoms in total. The van der Waals surface area contributed by atoms with Gasteiger partial charge in [-0.15, -0.1) is 0 Å². The highest BCUT2D eigenvalue weighted by Crippen LogP contribution is 2.24. The van der Waals surface area contributed by atoms with Crippen molar-refractivity contribution in [1.82, 2.24) is 4.98 Å². The minimum Gasteiger partial charge on any atom is -0.368 e. The predicted molar refractivity (Wildman–Crippen MR) is 62.6 cm³/mol. The van der Waals surface area contributed by atoms with Crippen LogP contribution in [-0.4, -0.2) is 17.6 Å². The van der Waals surface area contributed by atoms with Crippen molar-refractivity contribution in [2.75, 3.05) is 11.4 Å². The van der Waals surface area contributed by atoms with Gasteiger partial charge in [0.15, 0.2) is 0 Å². The van der Waals surface area contributed by atoms with Crippen molar-refractivity contribution in [3.8, 4) is 0 Å². The molecule has 1 saturated heterocycles. The van der Waals surface area contributed by atoms with E-state index in [-0.39, 0.29) is 0 Å². The van der Waals surface area contributed by atoms with Crippen molar-refractivity contribution in [1.29, 1.82) is 0 Å². The van der Waals surface area contributed by atoms with Gasteiger partial charge in [0.1, 0.15) is 4.60 Å². The first-order valence-electron chi connectivity index (χ1n) is 5.15. The van der Waals surface area contributed by atoms with Crippen LogP contribution in [0.15, 0.2) is 22.9 Å². The summed E-state index contributed by atoms with van der Waals surface area (Å²) in [5.74, 6) is 0. The van der Waals surface area contributed by atoms with Gasteiger partial charge in [-0.25, -0.2) is 4.98 Å². The van der Waals surface area contributed by atoms with Gasteiger partial charge in [-0.05, 0) is 54.2 Å². The fourth-order valence-corrected chi connectivity index (χ4v) is 2.25. The number of nitrogens with zero attached hydrogens (tertiary/aromatic N) is 2. The third kappa shape index (κ3) is 2.08. The molecule has 0 aliphatic carbocycles. The quantitative estimate of drug-likeness (QED) is 0.716. The Morgan fingerprint density at radius 3 is 2.93 bits per heavy atom. The zero-order valence-electron chi connectivity index (χ0n) is 8.41. The van der Waals surface area contributed by atoms with Crippen LogP contribution >= 0.6 is 15.9 Å². The smallest absolute Gasteiger partial charge is 0.106 e. The molecule has 1 aromatic heterocycles. The summed E-state index contributed by atoms with van der Waals surface area (Å²) in [6, 6.07) is 4.81. The first-order chi connectivity index (χ1) is 6.77. The van der Waals surface area contributed by atoms with E-state index in [1.54, 1.807) is 0 Å². The Hall–Kier alpha value is -0.570. The molecule has 3 heteroatoms. The fourth-order valence-electron chi connectivity index (χ4n) is 2.02. The third-order valence-electron chi connectivity index (χ3n) is 2.85. The number of rotatable bonds is 1. The first-order valence-corrected chi connectivity index (χ1v) is 5.95. The van der Waals surface area contributed by atoms with Gasteiger partial charge in [0, 0.05) is 12.6 Å². The third-order valence-corrected chi connectivity index (χ3v) is 3.32. The van der Waals surface area contributed by atoms with Gasteiger partial charge >= 0.3 is 0 Å². The summed E-state index contributed by atoms with van der Waals surface area (Å²) < 4.78 is 0.908. The van der Waals surface area contributed by atoms with Crippen molar-refractivity contribution < 1.29 is 0 Å². The van der Waals surface area contributed by atoms with Crippen molar-refractivity contribution in [2.24, 2.45) is 0 Å². The van der Waals surface area contributed by atoms with E-state index < -0.39 is 0 Å². The summed E-state index contributed by atoms with van der Waals surface area (Å²) in [4.78, 5) is 6.71. The molecule has 1 atom stereocenters. The highest BCUT2D eigenvalue weighted by molar-refractivity contribution is 9.10. The summed E-state index contributed by atoms with van der Waals surface area (Å²) in [7, 11) is 0. The Morgan fingerprint density at radius 2 is 2.29 bits per heavy atom. The largest absolute Gasteiger partial charge is 0.368 e. The van der Waals surface area contributed by atoms with Crippen LogP contribution in [0, 0.1) is 0 Å². The molecular weight excluding hydrogens is 240 g/mol. The summed E-state index contributed by atoms with van der Waals surface area (Å²) in [6.07, 6.45) is 5.92. The molecule has 0 aromatic carbocycles. The highest BCUT2D eigenvalue weighted by atomic mass is 79.9.